The van der Waals surface area contributed by atoms with Crippen LogP contribution in [0.4, 0.5) is 9.59 Å². The molecule has 2 aromatic heterocycles. The maximum atomic E-state index is 13.9. The van der Waals surface area contributed by atoms with Crippen molar-refractivity contribution in [3.8, 4) is 45.0 Å². The molecule has 4 aliphatic rings. The van der Waals surface area contributed by atoms with Crippen molar-refractivity contribution in [3.63, 3.8) is 0 Å². The van der Waals surface area contributed by atoms with Crippen LogP contribution < -0.4 is 10.6 Å². The molecule has 6 heterocycles. The molecular formula is C66H83N10O10Pd-. The van der Waals surface area contributed by atoms with Crippen molar-refractivity contribution < 1.29 is 68.9 Å². The van der Waals surface area contributed by atoms with Gasteiger partial charge in [0.25, 0.3) is 0 Å². The number of amides is 4. The Morgan fingerprint density at radius 2 is 0.954 bits per heavy atom. The van der Waals surface area contributed by atoms with Gasteiger partial charge in [0, 0.05) is 68.6 Å². The number of aromatic nitrogens is 6. The van der Waals surface area contributed by atoms with Crippen LogP contribution in [-0.2, 0) is 55.5 Å². The third-order valence-corrected chi connectivity index (χ3v) is 15.7. The SMILES string of the molecule is C.CC(C)(C)[C@@H]1NC(=O)OCCCC/C=C/c2cccc(c2)-c2nn(nc2-c2ccccc2)[C@@H]2C[C@@H](C(=O)O)N(C2)C1=O.CC(C)(C)[C@@H]1NC(=O)OCCCCCCc2cccc(c2)-c2nn(nc2-c2ccccc2)[C@@H]2C[C@@H](C(=O)O)N(C2)C1=O.[CH3-].[Pd]. The number of hydrogen-bond donors (Lipinski definition) is 4. The summed E-state index contributed by atoms with van der Waals surface area (Å²) in [6.45, 7) is 11.6. The molecule has 0 radical (unpaired) electrons. The molecule has 4 aliphatic heterocycles. The van der Waals surface area contributed by atoms with Gasteiger partial charge in [-0.15, -0.1) is 0 Å². The minimum atomic E-state index is -1.12. The van der Waals surface area contributed by atoms with Crippen LogP contribution in [0, 0.1) is 18.3 Å². The number of alkyl carbamates (subject to hydrolysis) is 2. The van der Waals surface area contributed by atoms with Gasteiger partial charge in [-0.25, -0.2) is 19.2 Å². The predicted octanol–water partition coefficient (Wildman–Crippen LogP) is 11.4. The van der Waals surface area contributed by atoms with Crippen LogP contribution in [0.25, 0.3) is 51.1 Å². The van der Waals surface area contributed by atoms with Gasteiger partial charge in [0.1, 0.15) is 46.9 Å². The molecule has 4 N–H and O–H groups in total. The summed E-state index contributed by atoms with van der Waals surface area (Å²) in [5, 5.41) is 45.2. The molecule has 21 heteroatoms. The molecule has 10 rings (SSSR count). The summed E-state index contributed by atoms with van der Waals surface area (Å²) in [4.78, 5) is 83.7. The van der Waals surface area contributed by atoms with Gasteiger partial charge >= 0.3 is 24.1 Å². The summed E-state index contributed by atoms with van der Waals surface area (Å²) in [5.41, 5.74) is 7.23. The van der Waals surface area contributed by atoms with Crippen molar-refractivity contribution in [3.05, 3.63) is 134 Å². The van der Waals surface area contributed by atoms with Gasteiger partial charge < -0.3 is 47.5 Å². The standard InChI is InChI=1S/C32H39N5O5.C32H37N5O5.CH4.CH3.Pd/c2*1-32(2,3)28-29(38)36-20-24(19-25(36)30(39)40)37-34-26(22-14-8-6-9-15-22)27(35-37)23-16-11-13-21(18-23)12-7-4-5-10-17-42-31(41)33-28;;;/h6,8-9,11,13-16,18,24-25,28H,4-5,7,10,12,17,19-20H2,1-3H3,(H,33,41)(H,39,40);6-9,11-16,18,24-25,28H,4-5,10,17,19-20H2,1-3H3,(H,33,41)(H,39,40);1H4;1H3;/q;;;-1;/b;12-7+;;;/t2*24-,25+,28-;;;/m11.../s1. The number of aryl methyl sites for hydroxylation is 1. The van der Waals surface area contributed by atoms with Crippen LogP contribution in [0.2, 0.25) is 0 Å². The fraction of sp³-hybridized carbons (Fsp3) is 0.439. The van der Waals surface area contributed by atoms with Gasteiger partial charge in [0.05, 0.1) is 25.3 Å². The molecule has 2 fully saturated rings. The van der Waals surface area contributed by atoms with E-state index in [-0.39, 0.29) is 74.4 Å². The van der Waals surface area contributed by atoms with Crippen molar-refractivity contribution >= 4 is 42.0 Å². The Labute approximate surface area is 524 Å². The summed E-state index contributed by atoms with van der Waals surface area (Å²) < 4.78 is 10.8. The second kappa shape index (κ2) is 30.1. The molecule has 4 amide bonds. The molecule has 0 unspecified atom stereocenters. The number of cyclic esters (lactones) is 2. The number of ether oxygens (including phenoxy) is 2. The third kappa shape index (κ3) is 16.7. The van der Waals surface area contributed by atoms with E-state index in [9.17, 15) is 39.0 Å². The third-order valence-electron chi connectivity index (χ3n) is 15.7. The van der Waals surface area contributed by atoms with Gasteiger partial charge in [-0.2, -0.15) is 30.0 Å². The zero-order valence-electron chi connectivity index (χ0n) is 50.0. The van der Waals surface area contributed by atoms with Crippen molar-refractivity contribution in [2.45, 2.75) is 149 Å². The van der Waals surface area contributed by atoms with Crippen molar-refractivity contribution in [1.82, 2.24) is 50.4 Å². The summed E-state index contributed by atoms with van der Waals surface area (Å²) in [5.74, 6) is -3.16. The molecular weight excluding hydrogens is 1200 g/mol. The van der Waals surface area contributed by atoms with Gasteiger partial charge in [0.2, 0.25) is 11.8 Å². The number of carbonyl (C=O) groups excluding carboxylic acids is 4. The Morgan fingerprint density at radius 1 is 0.540 bits per heavy atom. The molecule has 0 saturated carbocycles. The summed E-state index contributed by atoms with van der Waals surface area (Å²) >= 11 is 0. The van der Waals surface area contributed by atoms with E-state index < -0.39 is 83.0 Å². The number of nitrogens with zero attached hydrogens (tertiary/aromatic N) is 8. The Morgan fingerprint density at radius 3 is 1.41 bits per heavy atom. The number of nitrogens with one attached hydrogen (secondary N) is 2. The topological polar surface area (TPSA) is 253 Å². The first-order valence-corrected chi connectivity index (χ1v) is 29.1. The number of carboxylic acid groups (broad SMARTS) is 2. The number of carbonyl (C=O) groups is 6. The molecule has 2 saturated heterocycles. The van der Waals surface area contributed by atoms with Crippen LogP contribution in [-0.4, -0.2) is 136 Å². The fourth-order valence-electron chi connectivity index (χ4n) is 11.2. The van der Waals surface area contributed by atoms with Crippen LogP contribution in [0.15, 0.2) is 115 Å². The number of fused-ring (bicyclic) bond motifs is 16. The normalized spacial score (nSPS) is 21.7. The number of aliphatic carboxylic acids is 2. The first-order chi connectivity index (χ1) is 40.2. The fourth-order valence-corrected chi connectivity index (χ4v) is 11.2. The van der Waals surface area contributed by atoms with E-state index in [1.165, 1.54) is 15.4 Å². The van der Waals surface area contributed by atoms with Crippen molar-refractivity contribution in [2.75, 3.05) is 26.3 Å². The maximum Gasteiger partial charge on any atom is 0.407 e. The number of carboxylic acids is 2. The van der Waals surface area contributed by atoms with Gasteiger partial charge in [-0.1, -0.05) is 171 Å². The smallest absolute Gasteiger partial charge is 0.407 e. The second-order valence-corrected chi connectivity index (χ2v) is 24.2. The number of rotatable bonds is 4. The molecule has 12 bridgehead atoms. The Hall–Kier alpha value is -8.02. The molecule has 87 heavy (non-hydrogen) atoms. The van der Waals surface area contributed by atoms with Crippen LogP contribution in [0.3, 0.4) is 0 Å². The maximum absolute atomic E-state index is 13.9. The largest absolute Gasteiger partial charge is 0.480 e. The monoisotopic (exact) mass is 1280 g/mol. The number of allylic oxidation sites excluding steroid dienone is 1. The molecule has 0 spiro atoms. The Bertz CT molecular complexity index is 3350. The summed E-state index contributed by atoms with van der Waals surface area (Å²) in [6.07, 6.45) is 9.93. The Kier molecular flexibility index (Phi) is 23.5. The summed E-state index contributed by atoms with van der Waals surface area (Å²) in [7, 11) is 0. The van der Waals surface area contributed by atoms with Crippen molar-refractivity contribution in [2.24, 2.45) is 10.8 Å². The van der Waals surface area contributed by atoms with E-state index in [2.05, 4.69) is 41.0 Å². The predicted molar refractivity (Wildman–Crippen MR) is 329 cm³/mol. The number of hydrogen-bond acceptors (Lipinski definition) is 12. The molecule has 6 atom stereocenters. The average Bonchev–Trinajstić information content (AvgIpc) is 2.20. The Balaban J connectivity index is 0.000000269. The van der Waals surface area contributed by atoms with E-state index in [0.717, 1.165) is 72.8 Å². The zero-order chi connectivity index (χ0) is 59.7. The minimum Gasteiger partial charge on any atom is -0.480 e. The minimum absolute atomic E-state index is 0. The first-order valence-electron chi connectivity index (χ1n) is 29.1. The van der Waals surface area contributed by atoms with Gasteiger partial charge in [-0.3, -0.25) is 9.59 Å². The average molecular weight is 1280 g/mol. The van der Waals surface area contributed by atoms with Gasteiger partial charge in [-0.05, 0) is 72.6 Å². The van der Waals surface area contributed by atoms with Crippen molar-refractivity contribution in [1.29, 1.82) is 0 Å². The van der Waals surface area contributed by atoms with E-state index in [4.69, 9.17) is 29.9 Å². The molecule has 468 valence electrons. The quantitative estimate of drug-likeness (QED) is 0.0946. The van der Waals surface area contributed by atoms with E-state index in [0.29, 0.717) is 29.2 Å². The van der Waals surface area contributed by atoms with Crippen LogP contribution in [0.1, 0.15) is 130 Å². The second-order valence-electron chi connectivity index (χ2n) is 24.2. The molecule has 0 aliphatic carbocycles. The van der Waals surface area contributed by atoms with E-state index >= 15 is 0 Å². The molecule has 20 nitrogen and oxygen atoms in total. The van der Waals surface area contributed by atoms with Crippen LogP contribution >= 0.6 is 0 Å². The zero-order valence-corrected chi connectivity index (χ0v) is 51.5. The first kappa shape index (κ1) is 68.1. The van der Waals surface area contributed by atoms with E-state index in [1.807, 2.05) is 133 Å². The summed E-state index contributed by atoms with van der Waals surface area (Å²) in [6, 6.07) is 30.8. The molecule has 4 aromatic carbocycles. The van der Waals surface area contributed by atoms with E-state index in [1.54, 1.807) is 9.59 Å². The molecule has 6 aromatic rings. The number of benzene rings is 4. The van der Waals surface area contributed by atoms with Crippen LogP contribution in [0.5, 0.6) is 0 Å². The van der Waals surface area contributed by atoms with Gasteiger partial charge in [0.15, 0.2) is 0 Å².